The number of allylic oxidation sites excluding steroid dienone is 1. The van der Waals surface area contributed by atoms with Crippen molar-refractivity contribution in [1.82, 2.24) is 14.5 Å². The summed E-state index contributed by atoms with van der Waals surface area (Å²) in [5.41, 5.74) is 4.51. The molecule has 0 bridgehead atoms. The van der Waals surface area contributed by atoms with Crippen molar-refractivity contribution < 1.29 is 4.79 Å². The summed E-state index contributed by atoms with van der Waals surface area (Å²) in [6.07, 6.45) is 8.56. The van der Waals surface area contributed by atoms with Crippen LogP contribution in [-0.4, -0.2) is 20.3 Å². The van der Waals surface area contributed by atoms with Gasteiger partial charge < -0.3 is 0 Å². The van der Waals surface area contributed by atoms with E-state index in [1.165, 1.54) is 0 Å². The van der Waals surface area contributed by atoms with Crippen LogP contribution in [0.4, 0.5) is 0 Å². The van der Waals surface area contributed by atoms with Crippen LogP contribution in [0.15, 0.2) is 85.5 Å². The van der Waals surface area contributed by atoms with Crippen molar-refractivity contribution in [2.45, 2.75) is 0 Å². The predicted molar refractivity (Wildman–Crippen MR) is 98.7 cm³/mol. The number of pyridine rings is 1. The van der Waals surface area contributed by atoms with Gasteiger partial charge in [-0.15, -0.1) is 0 Å². The van der Waals surface area contributed by atoms with Crippen LogP contribution >= 0.6 is 0 Å². The molecule has 0 aliphatic rings. The fraction of sp³-hybridized carbons (Fsp3) is 0. The number of fused-ring (bicyclic) bond motifs is 1. The average molecular weight is 325 g/mol. The Hall–Kier alpha value is -3.53. The molecular weight excluding hydrogens is 310 g/mol. The van der Waals surface area contributed by atoms with E-state index in [0.29, 0.717) is 5.56 Å². The summed E-state index contributed by atoms with van der Waals surface area (Å²) < 4.78 is 2.01. The maximum absolute atomic E-state index is 12.3. The van der Waals surface area contributed by atoms with Gasteiger partial charge in [0, 0.05) is 23.6 Å². The number of benzene rings is 2. The van der Waals surface area contributed by atoms with Crippen LogP contribution in [0.5, 0.6) is 0 Å². The molecular formula is C21H15N3O. The molecule has 0 radical (unpaired) electrons. The summed E-state index contributed by atoms with van der Waals surface area (Å²) in [4.78, 5) is 20.7. The second kappa shape index (κ2) is 6.53. The molecule has 4 rings (SSSR count). The Kier molecular flexibility index (Phi) is 3.92. The Balaban J connectivity index is 1.58. The number of carbonyl (C=O) groups excluding carboxylic acids is 1. The van der Waals surface area contributed by atoms with Gasteiger partial charge in [0.2, 0.25) is 0 Å². The van der Waals surface area contributed by atoms with E-state index in [1.807, 2.05) is 65.2 Å². The number of rotatable bonds is 4. The first-order chi connectivity index (χ1) is 12.3. The predicted octanol–water partition coefficient (Wildman–Crippen LogP) is 4.32. The number of aromatic nitrogens is 3. The lowest BCUT2D eigenvalue weighted by Crippen LogP contribution is -1.96. The van der Waals surface area contributed by atoms with E-state index in [4.69, 9.17) is 0 Å². The van der Waals surface area contributed by atoms with Gasteiger partial charge in [-0.2, -0.15) is 0 Å². The summed E-state index contributed by atoms with van der Waals surface area (Å²) in [6, 6.07) is 19.2. The van der Waals surface area contributed by atoms with Gasteiger partial charge in [-0.3, -0.25) is 14.3 Å². The van der Waals surface area contributed by atoms with E-state index in [1.54, 1.807) is 30.9 Å². The van der Waals surface area contributed by atoms with Gasteiger partial charge in [0.05, 0.1) is 11.0 Å². The maximum Gasteiger partial charge on any atom is 0.185 e. The highest BCUT2D eigenvalue weighted by Crippen LogP contribution is 2.18. The average Bonchev–Trinajstić information content (AvgIpc) is 3.11. The molecule has 0 aliphatic carbocycles. The van der Waals surface area contributed by atoms with Crippen molar-refractivity contribution in [3.8, 4) is 5.69 Å². The number of hydrogen-bond donors (Lipinski definition) is 0. The van der Waals surface area contributed by atoms with Crippen LogP contribution in [0.2, 0.25) is 0 Å². The molecule has 120 valence electrons. The highest BCUT2D eigenvalue weighted by Gasteiger charge is 2.06. The molecule has 0 saturated heterocycles. The lowest BCUT2D eigenvalue weighted by molar-refractivity contribution is 0.104. The minimum Gasteiger partial charge on any atom is -0.299 e. The normalized spacial score (nSPS) is 11.2. The van der Waals surface area contributed by atoms with E-state index in [-0.39, 0.29) is 5.78 Å². The zero-order valence-corrected chi connectivity index (χ0v) is 13.4. The molecule has 0 atom stereocenters. The molecule has 0 unspecified atom stereocenters. The molecule has 2 aromatic heterocycles. The van der Waals surface area contributed by atoms with Gasteiger partial charge >= 0.3 is 0 Å². The molecule has 0 N–H and O–H groups in total. The standard InChI is InChI=1S/C21H15N3O/c25-21(12-7-16-4-3-13-22-14-16)17-8-10-18(11-9-17)24-15-23-19-5-1-2-6-20(19)24/h1-15H/b12-7+. The van der Waals surface area contributed by atoms with Crippen LogP contribution in [-0.2, 0) is 0 Å². The maximum atomic E-state index is 12.3. The number of nitrogens with zero attached hydrogens (tertiary/aromatic N) is 3. The second-order valence-electron chi connectivity index (χ2n) is 5.63. The minimum atomic E-state index is -0.0362. The quantitative estimate of drug-likeness (QED) is 0.415. The van der Waals surface area contributed by atoms with E-state index in [2.05, 4.69) is 9.97 Å². The summed E-state index contributed by atoms with van der Waals surface area (Å²) in [6.45, 7) is 0. The summed E-state index contributed by atoms with van der Waals surface area (Å²) >= 11 is 0. The number of hydrogen-bond acceptors (Lipinski definition) is 3. The molecule has 0 amide bonds. The molecule has 4 aromatic rings. The fourth-order valence-electron chi connectivity index (χ4n) is 2.69. The van der Waals surface area contributed by atoms with Crippen LogP contribution in [0.3, 0.4) is 0 Å². The SMILES string of the molecule is O=C(/C=C/c1cccnc1)c1ccc(-n2cnc3ccccc32)cc1. The van der Waals surface area contributed by atoms with E-state index in [9.17, 15) is 4.79 Å². The molecule has 4 nitrogen and oxygen atoms in total. The third-order valence-electron chi connectivity index (χ3n) is 4.00. The first-order valence-electron chi connectivity index (χ1n) is 7.96. The van der Waals surface area contributed by atoms with Gasteiger partial charge in [-0.05, 0) is 60.2 Å². The zero-order valence-electron chi connectivity index (χ0n) is 13.4. The fourth-order valence-corrected chi connectivity index (χ4v) is 2.69. The van der Waals surface area contributed by atoms with Gasteiger partial charge in [-0.25, -0.2) is 4.98 Å². The highest BCUT2D eigenvalue weighted by molar-refractivity contribution is 6.06. The smallest absolute Gasteiger partial charge is 0.185 e. The number of ketones is 1. The van der Waals surface area contributed by atoms with E-state index in [0.717, 1.165) is 22.3 Å². The molecule has 0 saturated carbocycles. The molecule has 4 heteroatoms. The Morgan fingerprint density at radius 2 is 1.80 bits per heavy atom. The highest BCUT2D eigenvalue weighted by atomic mass is 16.1. The number of para-hydroxylation sites is 2. The van der Waals surface area contributed by atoms with Crippen molar-refractivity contribution in [1.29, 1.82) is 0 Å². The Morgan fingerprint density at radius 1 is 0.960 bits per heavy atom. The Bertz CT molecular complexity index is 1050. The molecule has 2 aromatic carbocycles. The van der Waals surface area contributed by atoms with Crippen molar-refractivity contribution >= 4 is 22.9 Å². The second-order valence-corrected chi connectivity index (χ2v) is 5.63. The minimum absolute atomic E-state index is 0.0362. The van der Waals surface area contributed by atoms with Gasteiger partial charge in [0.25, 0.3) is 0 Å². The molecule has 2 heterocycles. The Labute approximate surface area is 145 Å². The lowest BCUT2D eigenvalue weighted by Gasteiger charge is -2.05. The first kappa shape index (κ1) is 15.0. The lowest BCUT2D eigenvalue weighted by atomic mass is 10.1. The topological polar surface area (TPSA) is 47.8 Å². The number of imidazole rings is 1. The number of carbonyl (C=O) groups is 1. The summed E-state index contributed by atoms with van der Waals surface area (Å²) in [5, 5.41) is 0. The van der Waals surface area contributed by atoms with Crippen LogP contribution in [0.1, 0.15) is 15.9 Å². The zero-order chi connectivity index (χ0) is 17.1. The largest absolute Gasteiger partial charge is 0.299 e. The summed E-state index contributed by atoms with van der Waals surface area (Å²) in [5.74, 6) is -0.0362. The van der Waals surface area contributed by atoms with Gasteiger partial charge in [0.1, 0.15) is 6.33 Å². The summed E-state index contributed by atoms with van der Waals surface area (Å²) in [7, 11) is 0. The molecule has 25 heavy (non-hydrogen) atoms. The van der Waals surface area contributed by atoms with Crippen LogP contribution in [0.25, 0.3) is 22.8 Å². The molecule has 0 spiro atoms. The van der Waals surface area contributed by atoms with Crippen LogP contribution < -0.4 is 0 Å². The first-order valence-corrected chi connectivity index (χ1v) is 7.96. The van der Waals surface area contributed by atoms with Crippen molar-refractivity contribution in [2.75, 3.05) is 0 Å². The molecule has 0 aliphatic heterocycles. The van der Waals surface area contributed by atoms with Crippen molar-refractivity contribution in [3.63, 3.8) is 0 Å². The van der Waals surface area contributed by atoms with Gasteiger partial charge in [0.15, 0.2) is 5.78 Å². The van der Waals surface area contributed by atoms with Crippen molar-refractivity contribution in [2.24, 2.45) is 0 Å². The van der Waals surface area contributed by atoms with Crippen molar-refractivity contribution in [3.05, 3.63) is 96.6 Å². The Morgan fingerprint density at radius 3 is 2.60 bits per heavy atom. The third-order valence-corrected chi connectivity index (χ3v) is 4.00. The van der Waals surface area contributed by atoms with Gasteiger partial charge in [-0.1, -0.05) is 18.2 Å². The third kappa shape index (κ3) is 3.10. The van der Waals surface area contributed by atoms with E-state index < -0.39 is 0 Å². The van der Waals surface area contributed by atoms with Crippen LogP contribution in [0, 0.1) is 0 Å². The molecule has 0 fully saturated rings. The monoisotopic (exact) mass is 325 g/mol. The van der Waals surface area contributed by atoms with E-state index >= 15 is 0 Å².